The molecule has 0 spiro atoms. The standard InChI is InChI=1S/C14H15FN2O.C14H15N3O2S2/c1-14(2,16)10-7-12(17-13(18)8-10)9-3-5-11(15)6-4-9;1-7(18)11-12(14(19)17-3-8-2-9(8)4-17)21-13(16-11)10-5-20-6-15-10/h3-8H,16H2,1-2H3,(H,17,18);5-9,18H,2-4H2,1H3. The second-order valence-electron chi connectivity index (χ2n) is 10.6. The summed E-state index contributed by atoms with van der Waals surface area (Å²) in [5.41, 5.74) is 10.3. The van der Waals surface area contributed by atoms with Crippen molar-refractivity contribution < 1.29 is 14.3 Å². The number of aliphatic hydroxyl groups excluding tert-OH is 1. The summed E-state index contributed by atoms with van der Waals surface area (Å²) < 4.78 is 12.9. The summed E-state index contributed by atoms with van der Waals surface area (Å²) in [7, 11) is 0. The van der Waals surface area contributed by atoms with Gasteiger partial charge in [0.1, 0.15) is 21.4 Å². The maximum Gasteiger partial charge on any atom is 0.266 e. The van der Waals surface area contributed by atoms with Crippen molar-refractivity contribution in [2.45, 2.75) is 38.8 Å². The fraction of sp³-hybridized carbons (Fsp3) is 0.357. The Morgan fingerprint density at radius 2 is 1.92 bits per heavy atom. The van der Waals surface area contributed by atoms with Gasteiger partial charge in [0.25, 0.3) is 5.91 Å². The summed E-state index contributed by atoms with van der Waals surface area (Å²) in [6.07, 6.45) is 0.518. The number of halogens is 1. The second-order valence-corrected chi connectivity index (χ2v) is 12.3. The minimum absolute atomic E-state index is 0.0112. The molecule has 1 amide bonds. The van der Waals surface area contributed by atoms with Gasteiger partial charge in [0.05, 0.1) is 17.3 Å². The molecule has 1 saturated carbocycles. The van der Waals surface area contributed by atoms with Crippen LogP contribution in [0.3, 0.4) is 0 Å². The topological polar surface area (TPSA) is 125 Å². The van der Waals surface area contributed by atoms with Crippen molar-refractivity contribution in [1.29, 1.82) is 0 Å². The normalized spacial score (nSPS) is 18.8. The Kier molecular flexibility index (Phi) is 7.51. The molecule has 1 aliphatic heterocycles. The molecule has 6 rings (SSSR count). The van der Waals surface area contributed by atoms with E-state index in [1.54, 1.807) is 24.6 Å². The molecule has 0 radical (unpaired) electrons. The van der Waals surface area contributed by atoms with Gasteiger partial charge in [-0.25, -0.2) is 14.4 Å². The number of fused-ring (bicyclic) bond motifs is 1. The van der Waals surface area contributed by atoms with E-state index in [1.807, 2.05) is 30.2 Å². The van der Waals surface area contributed by atoms with Gasteiger partial charge in [-0.2, -0.15) is 0 Å². The van der Waals surface area contributed by atoms with Crippen LogP contribution < -0.4 is 11.3 Å². The smallest absolute Gasteiger partial charge is 0.266 e. The van der Waals surface area contributed by atoms with E-state index < -0.39 is 11.6 Å². The number of aliphatic hydroxyl groups is 1. The van der Waals surface area contributed by atoms with Gasteiger partial charge in [-0.3, -0.25) is 9.59 Å². The Hall–Kier alpha value is -3.25. The molecule has 11 heteroatoms. The molecule has 0 bridgehead atoms. The molecule has 2 aliphatic rings. The van der Waals surface area contributed by atoms with Gasteiger partial charge in [-0.1, -0.05) is 0 Å². The van der Waals surface area contributed by atoms with Crippen LogP contribution >= 0.6 is 22.7 Å². The van der Waals surface area contributed by atoms with E-state index in [9.17, 15) is 19.1 Å². The summed E-state index contributed by atoms with van der Waals surface area (Å²) in [6.45, 7) is 7.02. The number of thiazole rings is 2. The van der Waals surface area contributed by atoms with E-state index in [-0.39, 0.29) is 17.3 Å². The molecule has 204 valence electrons. The van der Waals surface area contributed by atoms with Crippen LogP contribution in [0.1, 0.15) is 54.2 Å². The van der Waals surface area contributed by atoms with Gasteiger partial charge in [-0.05, 0) is 80.5 Å². The van der Waals surface area contributed by atoms with Crippen LogP contribution in [0.25, 0.3) is 22.0 Å². The number of likely N-dealkylation sites (tertiary alicyclic amines) is 1. The number of pyridine rings is 1. The summed E-state index contributed by atoms with van der Waals surface area (Å²) in [5, 5.41) is 12.5. The van der Waals surface area contributed by atoms with Crippen LogP contribution in [0.5, 0.6) is 0 Å². The number of aromatic amines is 1. The monoisotopic (exact) mass is 567 g/mol. The number of nitrogens with zero attached hydrogens (tertiary/aromatic N) is 3. The van der Waals surface area contributed by atoms with Gasteiger partial charge in [0, 0.05) is 35.8 Å². The highest BCUT2D eigenvalue weighted by molar-refractivity contribution is 7.17. The molecule has 39 heavy (non-hydrogen) atoms. The number of hydrogen-bond acceptors (Lipinski definition) is 8. The number of nitrogens with two attached hydrogens (primary N) is 1. The zero-order valence-corrected chi connectivity index (χ0v) is 23.5. The van der Waals surface area contributed by atoms with Gasteiger partial charge in [0.15, 0.2) is 0 Å². The number of benzene rings is 1. The Morgan fingerprint density at radius 3 is 2.51 bits per heavy atom. The zero-order valence-electron chi connectivity index (χ0n) is 21.8. The first-order valence-electron chi connectivity index (χ1n) is 12.7. The Morgan fingerprint density at radius 1 is 1.23 bits per heavy atom. The number of H-pyrrole nitrogens is 1. The predicted molar refractivity (Wildman–Crippen MR) is 151 cm³/mol. The molecule has 1 saturated heterocycles. The van der Waals surface area contributed by atoms with Gasteiger partial charge >= 0.3 is 0 Å². The molecule has 3 unspecified atom stereocenters. The van der Waals surface area contributed by atoms with Crippen LogP contribution in [-0.2, 0) is 5.54 Å². The van der Waals surface area contributed by atoms with E-state index in [0.717, 1.165) is 29.9 Å². The maximum atomic E-state index is 12.9. The molecule has 4 N–H and O–H groups in total. The lowest BCUT2D eigenvalue weighted by atomic mass is 9.95. The van der Waals surface area contributed by atoms with Gasteiger partial charge in [0.2, 0.25) is 5.56 Å². The molecule has 2 fully saturated rings. The van der Waals surface area contributed by atoms with Gasteiger partial charge in [-0.15, -0.1) is 22.7 Å². The molecular formula is C28H30FN5O3S2. The average molecular weight is 568 g/mol. The minimum Gasteiger partial charge on any atom is -0.387 e. The summed E-state index contributed by atoms with van der Waals surface area (Å²) in [4.78, 5) is 38.2. The summed E-state index contributed by atoms with van der Waals surface area (Å²) >= 11 is 2.83. The van der Waals surface area contributed by atoms with Crippen molar-refractivity contribution in [1.82, 2.24) is 19.9 Å². The highest BCUT2D eigenvalue weighted by Gasteiger charge is 2.47. The van der Waals surface area contributed by atoms with Crippen molar-refractivity contribution in [3.8, 4) is 22.0 Å². The van der Waals surface area contributed by atoms with E-state index >= 15 is 0 Å². The zero-order chi connectivity index (χ0) is 27.9. The number of carbonyl (C=O) groups is 1. The first kappa shape index (κ1) is 27.3. The Balaban J connectivity index is 0.000000160. The Labute approximate surface area is 233 Å². The minimum atomic E-state index is -0.746. The number of hydrogen-bond donors (Lipinski definition) is 3. The third kappa shape index (κ3) is 6.17. The van der Waals surface area contributed by atoms with Crippen molar-refractivity contribution in [3.63, 3.8) is 0 Å². The number of aromatic nitrogens is 3. The number of piperidine rings is 1. The largest absolute Gasteiger partial charge is 0.387 e. The first-order chi connectivity index (χ1) is 18.5. The van der Waals surface area contributed by atoms with Crippen LogP contribution in [0.15, 0.2) is 52.1 Å². The Bertz CT molecular complexity index is 1510. The molecule has 1 aromatic carbocycles. The molecule has 3 atom stereocenters. The lowest BCUT2D eigenvalue weighted by Gasteiger charge is -2.19. The predicted octanol–water partition coefficient (Wildman–Crippen LogP) is 4.79. The van der Waals surface area contributed by atoms with Crippen molar-refractivity contribution in [2.24, 2.45) is 17.6 Å². The lowest BCUT2D eigenvalue weighted by Crippen LogP contribution is -2.30. The van der Waals surface area contributed by atoms with Gasteiger partial charge < -0.3 is 20.7 Å². The third-order valence-corrected chi connectivity index (χ3v) is 8.57. The van der Waals surface area contributed by atoms with Crippen molar-refractivity contribution in [3.05, 3.63) is 79.6 Å². The summed E-state index contributed by atoms with van der Waals surface area (Å²) in [6, 6.07) is 9.24. The fourth-order valence-electron chi connectivity index (χ4n) is 4.60. The SMILES string of the molecule is CC(C)(N)c1cc(-c2ccc(F)cc2)[nH]c(=O)c1.CC(O)c1nc(-c2cscn2)sc1C(=O)N1CC2CC2C1. The first-order valence-corrected chi connectivity index (χ1v) is 14.4. The second kappa shape index (κ2) is 10.7. The molecule has 4 aromatic rings. The average Bonchev–Trinajstić information content (AvgIpc) is 3.33. The van der Waals surface area contributed by atoms with E-state index in [2.05, 4.69) is 15.0 Å². The molecule has 4 heterocycles. The highest BCUT2D eigenvalue weighted by atomic mass is 32.1. The molecule has 3 aromatic heterocycles. The quantitative estimate of drug-likeness (QED) is 0.319. The maximum absolute atomic E-state index is 12.9. The molecular weight excluding hydrogens is 537 g/mol. The van der Waals surface area contributed by atoms with Crippen molar-refractivity contribution in [2.75, 3.05) is 13.1 Å². The van der Waals surface area contributed by atoms with E-state index in [4.69, 9.17) is 5.73 Å². The molecule has 1 aliphatic carbocycles. The van der Waals surface area contributed by atoms with Crippen LogP contribution in [-0.4, -0.2) is 44.0 Å². The fourth-order valence-corrected chi connectivity index (χ4v) is 6.31. The van der Waals surface area contributed by atoms with E-state index in [1.165, 1.54) is 47.3 Å². The lowest BCUT2D eigenvalue weighted by molar-refractivity contribution is 0.0773. The van der Waals surface area contributed by atoms with Crippen molar-refractivity contribution >= 4 is 28.6 Å². The van der Waals surface area contributed by atoms with Crippen LogP contribution in [0.2, 0.25) is 0 Å². The summed E-state index contributed by atoms with van der Waals surface area (Å²) in [5.74, 6) is 1.11. The van der Waals surface area contributed by atoms with E-state index in [0.29, 0.717) is 33.1 Å². The number of nitrogens with one attached hydrogen (secondary N) is 1. The van der Waals surface area contributed by atoms with Crippen LogP contribution in [0, 0.1) is 17.7 Å². The number of amides is 1. The van der Waals surface area contributed by atoms with Crippen LogP contribution in [0.4, 0.5) is 4.39 Å². The number of rotatable bonds is 5. The highest BCUT2D eigenvalue weighted by Crippen LogP contribution is 2.46. The number of carbonyl (C=O) groups excluding carboxylic acids is 1. The molecule has 8 nitrogen and oxygen atoms in total. The third-order valence-electron chi connectivity index (χ3n) is 6.90.